The van der Waals surface area contributed by atoms with Crippen molar-refractivity contribution in [2.45, 2.75) is 0 Å². The molecule has 0 unspecified atom stereocenters. The Bertz CT molecular complexity index is 2140. The number of hydrogen-bond acceptors (Lipinski definition) is 2. The van der Waals surface area contributed by atoms with Gasteiger partial charge in [-0.2, -0.15) is 0 Å². The highest BCUT2D eigenvalue weighted by molar-refractivity contribution is 6.10. The van der Waals surface area contributed by atoms with Gasteiger partial charge in [0.25, 0.3) is 0 Å². The van der Waals surface area contributed by atoms with Gasteiger partial charge in [-0.15, -0.1) is 0 Å². The summed E-state index contributed by atoms with van der Waals surface area (Å²) < 4.78 is 8.37. The number of oxazole rings is 1. The Morgan fingerprint density at radius 2 is 1.05 bits per heavy atom. The van der Waals surface area contributed by atoms with Gasteiger partial charge in [0.2, 0.25) is 5.89 Å². The number of benzene rings is 6. The molecule has 6 aromatic carbocycles. The van der Waals surface area contributed by atoms with Crippen LogP contribution in [0.25, 0.3) is 72.3 Å². The van der Waals surface area contributed by atoms with Crippen LogP contribution in [0.4, 0.5) is 0 Å². The summed E-state index contributed by atoms with van der Waals surface area (Å²) in [6, 6.07) is 51.0. The van der Waals surface area contributed by atoms with Crippen LogP contribution in [0.2, 0.25) is 0 Å². The summed E-state index contributed by atoms with van der Waals surface area (Å²) in [6.07, 6.45) is 0. The molecule has 0 atom stereocenters. The lowest BCUT2D eigenvalue weighted by Crippen LogP contribution is -1.93. The van der Waals surface area contributed by atoms with E-state index in [-0.39, 0.29) is 0 Å². The maximum absolute atomic E-state index is 6.01. The summed E-state index contributed by atoms with van der Waals surface area (Å²) in [7, 11) is 0. The van der Waals surface area contributed by atoms with Crippen LogP contribution in [0.3, 0.4) is 0 Å². The van der Waals surface area contributed by atoms with Crippen molar-refractivity contribution >= 4 is 32.9 Å². The van der Waals surface area contributed by atoms with Gasteiger partial charge >= 0.3 is 0 Å². The van der Waals surface area contributed by atoms with Crippen molar-refractivity contribution in [1.82, 2.24) is 9.55 Å². The molecule has 0 aliphatic heterocycles. The van der Waals surface area contributed by atoms with Crippen LogP contribution in [-0.4, -0.2) is 9.55 Å². The second-order valence-corrected chi connectivity index (χ2v) is 10.1. The molecule has 0 spiro atoms. The van der Waals surface area contributed by atoms with E-state index in [4.69, 9.17) is 9.40 Å². The minimum absolute atomic E-state index is 0.645. The monoisotopic (exact) mass is 512 g/mol. The van der Waals surface area contributed by atoms with E-state index in [1.807, 2.05) is 36.4 Å². The fourth-order valence-corrected chi connectivity index (χ4v) is 5.67. The number of fused-ring (bicyclic) bond motifs is 4. The van der Waals surface area contributed by atoms with Crippen molar-refractivity contribution < 1.29 is 4.42 Å². The average Bonchev–Trinajstić information content (AvgIpc) is 3.61. The molecule has 0 aliphatic carbocycles. The zero-order valence-electron chi connectivity index (χ0n) is 21.7. The molecular formula is C37H24N2O. The Kier molecular flexibility index (Phi) is 5.14. The fraction of sp³-hybridized carbons (Fsp3) is 0. The summed E-state index contributed by atoms with van der Waals surface area (Å²) in [5, 5.41) is 2.53. The van der Waals surface area contributed by atoms with Crippen LogP contribution in [0.15, 0.2) is 150 Å². The van der Waals surface area contributed by atoms with E-state index < -0.39 is 0 Å². The lowest BCUT2D eigenvalue weighted by molar-refractivity contribution is 0.620. The molecule has 0 fully saturated rings. The van der Waals surface area contributed by atoms with Gasteiger partial charge in [0, 0.05) is 22.0 Å². The smallest absolute Gasteiger partial charge is 0.227 e. The Morgan fingerprint density at radius 1 is 0.450 bits per heavy atom. The van der Waals surface area contributed by atoms with Crippen LogP contribution in [0.5, 0.6) is 0 Å². The predicted molar refractivity (Wildman–Crippen MR) is 165 cm³/mol. The van der Waals surface area contributed by atoms with Crippen LogP contribution in [0.1, 0.15) is 0 Å². The van der Waals surface area contributed by atoms with Crippen molar-refractivity contribution in [3.63, 3.8) is 0 Å². The number of rotatable bonds is 4. The molecule has 0 radical (unpaired) electrons. The zero-order chi connectivity index (χ0) is 26.5. The van der Waals surface area contributed by atoms with E-state index in [2.05, 4.69) is 114 Å². The highest BCUT2D eigenvalue weighted by Crippen LogP contribution is 2.35. The van der Waals surface area contributed by atoms with Crippen molar-refractivity contribution in [2.24, 2.45) is 0 Å². The van der Waals surface area contributed by atoms with Crippen LogP contribution in [-0.2, 0) is 0 Å². The first-order valence-corrected chi connectivity index (χ1v) is 13.5. The normalized spacial score (nSPS) is 11.5. The molecular weight excluding hydrogens is 488 g/mol. The highest BCUT2D eigenvalue weighted by Gasteiger charge is 2.13. The summed E-state index contributed by atoms with van der Waals surface area (Å²) >= 11 is 0. The van der Waals surface area contributed by atoms with Crippen LogP contribution in [0, 0.1) is 0 Å². The zero-order valence-corrected chi connectivity index (χ0v) is 21.7. The maximum atomic E-state index is 6.01. The molecule has 0 bridgehead atoms. The third-order valence-electron chi connectivity index (χ3n) is 7.65. The molecule has 2 heterocycles. The Morgan fingerprint density at radius 3 is 1.82 bits per heavy atom. The van der Waals surface area contributed by atoms with Crippen molar-refractivity contribution in [3.8, 4) is 39.4 Å². The Hall–Kier alpha value is -5.41. The Balaban J connectivity index is 1.18. The second kappa shape index (κ2) is 9.11. The summed E-state index contributed by atoms with van der Waals surface area (Å²) in [6.45, 7) is 0. The molecule has 3 heteroatoms. The number of aromatic nitrogens is 2. The number of hydrogen-bond donors (Lipinski definition) is 0. The first-order valence-electron chi connectivity index (χ1n) is 13.5. The largest absolute Gasteiger partial charge is 0.436 e. The topological polar surface area (TPSA) is 31.0 Å². The number of nitrogens with zero attached hydrogens (tertiary/aromatic N) is 2. The molecule has 3 nitrogen and oxygen atoms in total. The van der Waals surface area contributed by atoms with E-state index in [0.29, 0.717) is 5.89 Å². The van der Waals surface area contributed by atoms with Gasteiger partial charge in [0.05, 0.1) is 11.0 Å². The Labute approximate surface area is 231 Å². The quantitative estimate of drug-likeness (QED) is 0.235. The first kappa shape index (κ1) is 22.6. The van der Waals surface area contributed by atoms with Crippen molar-refractivity contribution in [1.29, 1.82) is 0 Å². The summed E-state index contributed by atoms with van der Waals surface area (Å²) in [5.74, 6) is 0.645. The molecule has 0 saturated carbocycles. The molecule has 0 aliphatic rings. The van der Waals surface area contributed by atoms with E-state index in [1.165, 1.54) is 38.6 Å². The lowest BCUT2D eigenvalue weighted by Gasteiger charge is -2.09. The SMILES string of the molecule is c1ccc(-c2nc3cc(-c4ccc(-c5ccc6c7ccccc7n(-c7ccccc7)c6c5)cc4)ccc3o2)cc1. The van der Waals surface area contributed by atoms with Gasteiger partial charge < -0.3 is 8.98 Å². The van der Waals surface area contributed by atoms with Gasteiger partial charge in [-0.25, -0.2) is 4.98 Å². The predicted octanol–water partition coefficient (Wildman–Crippen LogP) is 9.93. The third-order valence-corrected chi connectivity index (χ3v) is 7.65. The molecule has 8 aromatic rings. The van der Waals surface area contributed by atoms with Crippen molar-refractivity contribution in [2.75, 3.05) is 0 Å². The van der Waals surface area contributed by atoms with Gasteiger partial charge in [0.1, 0.15) is 5.52 Å². The van der Waals surface area contributed by atoms with Crippen LogP contribution < -0.4 is 0 Å². The minimum atomic E-state index is 0.645. The second-order valence-electron chi connectivity index (χ2n) is 10.1. The highest BCUT2D eigenvalue weighted by atomic mass is 16.3. The molecule has 40 heavy (non-hydrogen) atoms. The lowest BCUT2D eigenvalue weighted by atomic mass is 9.99. The molecule has 2 aromatic heterocycles. The van der Waals surface area contributed by atoms with E-state index in [9.17, 15) is 0 Å². The van der Waals surface area contributed by atoms with Gasteiger partial charge in [-0.05, 0) is 70.8 Å². The minimum Gasteiger partial charge on any atom is -0.436 e. The number of para-hydroxylation sites is 2. The van der Waals surface area contributed by atoms with Crippen molar-refractivity contribution in [3.05, 3.63) is 146 Å². The fourth-order valence-electron chi connectivity index (χ4n) is 5.67. The van der Waals surface area contributed by atoms with E-state index >= 15 is 0 Å². The molecule has 0 N–H and O–H groups in total. The molecule has 0 amide bonds. The first-order chi connectivity index (χ1) is 19.8. The molecule has 0 saturated heterocycles. The average molecular weight is 513 g/mol. The van der Waals surface area contributed by atoms with Gasteiger partial charge in [-0.3, -0.25) is 0 Å². The van der Waals surface area contributed by atoms with E-state index in [0.717, 1.165) is 27.8 Å². The standard InChI is InChI=1S/C37H24N2O/c1-3-9-27(10-4-1)37-38-33-23-28(20-22-36(33)40-37)25-15-17-26(18-16-25)29-19-21-32-31-13-7-8-14-34(31)39(35(32)24-29)30-11-5-2-6-12-30/h1-24H. The molecule has 188 valence electrons. The third kappa shape index (κ3) is 3.71. The van der Waals surface area contributed by atoms with Crippen LogP contribution >= 0.6 is 0 Å². The molecule has 8 rings (SSSR count). The van der Waals surface area contributed by atoms with E-state index in [1.54, 1.807) is 0 Å². The van der Waals surface area contributed by atoms with Gasteiger partial charge in [0.15, 0.2) is 5.58 Å². The van der Waals surface area contributed by atoms with Gasteiger partial charge in [-0.1, -0.05) is 97.1 Å². The maximum Gasteiger partial charge on any atom is 0.227 e. The summed E-state index contributed by atoms with van der Waals surface area (Å²) in [5.41, 5.74) is 10.9. The summed E-state index contributed by atoms with van der Waals surface area (Å²) in [4.78, 5) is 4.75.